The van der Waals surface area contributed by atoms with Gasteiger partial charge in [0.1, 0.15) is 0 Å². The Morgan fingerprint density at radius 2 is 1.71 bits per heavy atom. The molecule has 14 heavy (non-hydrogen) atoms. The lowest BCUT2D eigenvalue weighted by molar-refractivity contribution is 0.177. The lowest BCUT2D eigenvalue weighted by atomic mass is 9.73. The summed E-state index contributed by atoms with van der Waals surface area (Å²) in [5.74, 6) is 3.71. The Morgan fingerprint density at radius 1 is 1.14 bits per heavy atom. The monoisotopic (exact) mass is 197 g/mol. The van der Waals surface area contributed by atoms with Crippen molar-refractivity contribution in [2.24, 2.45) is 23.7 Å². The smallest absolute Gasteiger partial charge is 0.00235 e. The molecule has 1 N–H and O–H groups in total. The molecule has 0 aliphatic heterocycles. The number of nitrogens with one attached hydrogen (secondary N) is 1. The molecule has 1 aliphatic carbocycles. The second-order valence-electron chi connectivity index (χ2n) is 5.41. The molecule has 0 saturated heterocycles. The first-order chi connectivity index (χ1) is 6.65. The molecule has 0 amide bonds. The zero-order valence-electron chi connectivity index (χ0n) is 10.3. The summed E-state index contributed by atoms with van der Waals surface area (Å²) in [6.07, 6.45) is 5.86. The predicted molar refractivity (Wildman–Crippen MR) is 63.4 cm³/mol. The Morgan fingerprint density at radius 3 is 2.21 bits per heavy atom. The van der Waals surface area contributed by atoms with Crippen molar-refractivity contribution in [3.8, 4) is 0 Å². The first kappa shape index (κ1) is 12.0. The van der Waals surface area contributed by atoms with Gasteiger partial charge in [-0.1, -0.05) is 33.6 Å². The van der Waals surface area contributed by atoms with E-state index in [0.29, 0.717) is 0 Å². The summed E-state index contributed by atoms with van der Waals surface area (Å²) in [7, 11) is 2.06. The van der Waals surface area contributed by atoms with Crippen LogP contribution in [0.25, 0.3) is 0 Å². The van der Waals surface area contributed by atoms with Crippen molar-refractivity contribution in [1.82, 2.24) is 5.32 Å². The molecule has 2 atom stereocenters. The molecular weight excluding hydrogens is 170 g/mol. The van der Waals surface area contributed by atoms with Gasteiger partial charge in [0.05, 0.1) is 0 Å². The van der Waals surface area contributed by atoms with E-state index in [1.54, 1.807) is 0 Å². The Bertz CT molecular complexity index is 147. The van der Waals surface area contributed by atoms with E-state index in [0.717, 1.165) is 23.7 Å². The topological polar surface area (TPSA) is 12.0 Å². The maximum atomic E-state index is 3.30. The van der Waals surface area contributed by atoms with Gasteiger partial charge in [0.15, 0.2) is 0 Å². The third-order valence-electron chi connectivity index (χ3n) is 4.23. The van der Waals surface area contributed by atoms with E-state index in [1.165, 1.54) is 32.2 Å². The summed E-state index contributed by atoms with van der Waals surface area (Å²) in [6.45, 7) is 8.41. The van der Waals surface area contributed by atoms with Gasteiger partial charge in [0.2, 0.25) is 0 Å². The highest BCUT2D eigenvalue weighted by Gasteiger charge is 2.26. The van der Waals surface area contributed by atoms with Crippen LogP contribution in [0.2, 0.25) is 0 Å². The summed E-state index contributed by atoms with van der Waals surface area (Å²) < 4.78 is 0. The van der Waals surface area contributed by atoms with Crippen molar-refractivity contribution < 1.29 is 0 Å². The van der Waals surface area contributed by atoms with Crippen LogP contribution in [0.4, 0.5) is 0 Å². The van der Waals surface area contributed by atoms with Gasteiger partial charge in [-0.3, -0.25) is 0 Å². The summed E-state index contributed by atoms with van der Waals surface area (Å²) in [5, 5.41) is 3.30. The minimum Gasteiger partial charge on any atom is -0.319 e. The molecule has 1 nitrogen and oxygen atoms in total. The highest BCUT2D eigenvalue weighted by Crippen LogP contribution is 2.35. The van der Waals surface area contributed by atoms with Crippen molar-refractivity contribution in [3.63, 3.8) is 0 Å². The predicted octanol–water partition coefficient (Wildman–Crippen LogP) is 3.30. The Labute approximate surface area is 89.7 Å². The molecule has 84 valence electrons. The van der Waals surface area contributed by atoms with Crippen molar-refractivity contribution in [2.75, 3.05) is 13.6 Å². The largest absolute Gasteiger partial charge is 0.319 e. The molecule has 1 saturated carbocycles. The van der Waals surface area contributed by atoms with Gasteiger partial charge in [-0.05, 0) is 50.1 Å². The number of hydrogen-bond donors (Lipinski definition) is 1. The van der Waals surface area contributed by atoms with Crippen LogP contribution in [0.5, 0.6) is 0 Å². The van der Waals surface area contributed by atoms with Crippen molar-refractivity contribution in [3.05, 3.63) is 0 Å². The zero-order chi connectivity index (χ0) is 10.6. The summed E-state index contributed by atoms with van der Waals surface area (Å²) >= 11 is 0. The average Bonchev–Trinajstić information content (AvgIpc) is 2.18. The first-order valence-corrected chi connectivity index (χ1v) is 6.29. The molecule has 2 unspecified atom stereocenters. The standard InChI is InChI=1S/C13H27N/c1-10-5-7-13(8-6-10)12(3)11(2)9-14-4/h10-14H,5-9H2,1-4H3. The molecule has 0 aromatic heterocycles. The van der Waals surface area contributed by atoms with Gasteiger partial charge < -0.3 is 5.32 Å². The summed E-state index contributed by atoms with van der Waals surface area (Å²) in [4.78, 5) is 0. The van der Waals surface area contributed by atoms with Crippen LogP contribution in [0.3, 0.4) is 0 Å². The van der Waals surface area contributed by atoms with Crippen LogP contribution in [-0.4, -0.2) is 13.6 Å². The molecule has 0 radical (unpaired) electrons. The Kier molecular flexibility index (Phi) is 4.94. The van der Waals surface area contributed by atoms with Crippen LogP contribution in [0.1, 0.15) is 46.5 Å². The van der Waals surface area contributed by atoms with E-state index >= 15 is 0 Å². The fraction of sp³-hybridized carbons (Fsp3) is 1.00. The van der Waals surface area contributed by atoms with Gasteiger partial charge in [-0.25, -0.2) is 0 Å². The summed E-state index contributed by atoms with van der Waals surface area (Å²) in [5.41, 5.74) is 0. The van der Waals surface area contributed by atoms with Crippen LogP contribution in [0.15, 0.2) is 0 Å². The Hall–Kier alpha value is -0.0400. The summed E-state index contributed by atoms with van der Waals surface area (Å²) in [6, 6.07) is 0. The molecule has 0 bridgehead atoms. The SMILES string of the molecule is CNCC(C)C(C)C1CCC(C)CC1. The highest BCUT2D eigenvalue weighted by atomic mass is 14.8. The molecule has 0 heterocycles. The molecular formula is C13H27N. The van der Waals surface area contributed by atoms with E-state index in [9.17, 15) is 0 Å². The quantitative estimate of drug-likeness (QED) is 0.729. The molecule has 0 aromatic rings. The van der Waals surface area contributed by atoms with Crippen molar-refractivity contribution in [1.29, 1.82) is 0 Å². The maximum absolute atomic E-state index is 3.30. The third kappa shape index (κ3) is 3.27. The van der Waals surface area contributed by atoms with E-state index in [1.807, 2.05) is 0 Å². The zero-order valence-corrected chi connectivity index (χ0v) is 10.3. The van der Waals surface area contributed by atoms with Gasteiger partial charge in [-0.15, -0.1) is 0 Å². The van der Waals surface area contributed by atoms with E-state index < -0.39 is 0 Å². The van der Waals surface area contributed by atoms with E-state index in [-0.39, 0.29) is 0 Å². The molecule has 1 fully saturated rings. The molecule has 1 heteroatoms. The minimum atomic E-state index is 0.832. The molecule has 0 aromatic carbocycles. The van der Waals surface area contributed by atoms with Crippen LogP contribution in [0, 0.1) is 23.7 Å². The molecule has 1 rings (SSSR count). The van der Waals surface area contributed by atoms with Crippen LogP contribution < -0.4 is 5.32 Å². The van der Waals surface area contributed by atoms with Gasteiger partial charge in [0.25, 0.3) is 0 Å². The Balaban J connectivity index is 2.33. The van der Waals surface area contributed by atoms with Gasteiger partial charge in [0, 0.05) is 0 Å². The second-order valence-corrected chi connectivity index (χ2v) is 5.41. The maximum Gasteiger partial charge on any atom is -0.00235 e. The van der Waals surface area contributed by atoms with Crippen molar-refractivity contribution in [2.45, 2.75) is 46.5 Å². The number of hydrogen-bond acceptors (Lipinski definition) is 1. The first-order valence-electron chi connectivity index (χ1n) is 6.29. The fourth-order valence-corrected chi connectivity index (χ4v) is 2.78. The minimum absolute atomic E-state index is 0.832. The third-order valence-corrected chi connectivity index (χ3v) is 4.23. The van der Waals surface area contributed by atoms with E-state index in [2.05, 4.69) is 33.1 Å². The van der Waals surface area contributed by atoms with Gasteiger partial charge >= 0.3 is 0 Å². The van der Waals surface area contributed by atoms with Crippen molar-refractivity contribution >= 4 is 0 Å². The number of rotatable bonds is 4. The fourth-order valence-electron chi connectivity index (χ4n) is 2.78. The average molecular weight is 197 g/mol. The highest BCUT2D eigenvalue weighted by molar-refractivity contribution is 4.77. The normalized spacial score (nSPS) is 32.6. The van der Waals surface area contributed by atoms with Gasteiger partial charge in [-0.2, -0.15) is 0 Å². The lowest BCUT2D eigenvalue weighted by Gasteiger charge is -2.34. The van der Waals surface area contributed by atoms with Crippen LogP contribution >= 0.6 is 0 Å². The lowest BCUT2D eigenvalue weighted by Crippen LogP contribution is -2.29. The molecule has 0 spiro atoms. The van der Waals surface area contributed by atoms with Crippen LogP contribution in [-0.2, 0) is 0 Å². The molecule has 1 aliphatic rings. The second kappa shape index (κ2) is 5.75. The van der Waals surface area contributed by atoms with E-state index in [4.69, 9.17) is 0 Å².